The van der Waals surface area contributed by atoms with Crippen molar-refractivity contribution in [1.29, 1.82) is 0 Å². The van der Waals surface area contributed by atoms with Gasteiger partial charge in [0.1, 0.15) is 0 Å². The molecule has 0 amide bonds. The summed E-state index contributed by atoms with van der Waals surface area (Å²) in [5, 5.41) is 0. The molecule has 0 bridgehead atoms. The number of benzene rings is 3. The van der Waals surface area contributed by atoms with E-state index in [9.17, 15) is 0 Å². The number of aryl methyl sites for hydroxylation is 2. The van der Waals surface area contributed by atoms with Gasteiger partial charge in [0.2, 0.25) is 0 Å². The lowest BCUT2D eigenvalue weighted by Crippen LogP contribution is -2.07. The molecular formula is C36H45NO6. The zero-order valence-corrected chi connectivity index (χ0v) is 26.9. The molecule has 7 heteroatoms. The van der Waals surface area contributed by atoms with Crippen molar-refractivity contribution in [1.82, 2.24) is 4.57 Å². The highest BCUT2D eigenvalue weighted by Gasteiger charge is 2.17. The molecule has 230 valence electrons. The van der Waals surface area contributed by atoms with Gasteiger partial charge in [0.05, 0.1) is 39.6 Å². The van der Waals surface area contributed by atoms with Gasteiger partial charge in [0, 0.05) is 30.1 Å². The van der Waals surface area contributed by atoms with Gasteiger partial charge >= 0.3 is 0 Å². The van der Waals surface area contributed by atoms with Gasteiger partial charge in [-0.2, -0.15) is 0 Å². The summed E-state index contributed by atoms with van der Waals surface area (Å²) >= 11 is 0. The lowest BCUT2D eigenvalue weighted by molar-refractivity contribution is 0.229. The number of methoxy groups -OCH3 is 3. The summed E-state index contributed by atoms with van der Waals surface area (Å²) in [5.41, 5.74) is 5.38. The van der Waals surface area contributed by atoms with E-state index in [0.29, 0.717) is 11.5 Å². The minimum Gasteiger partial charge on any atom is -0.493 e. The summed E-state index contributed by atoms with van der Waals surface area (Å²) in [4.78, 5) is 0. The molecule has 43 heavy (non-hydrogen) atoms. The highest BCUT2D eigenvalue weighted by Crippen LogP contribution is 2.41. The van der Waals surface area contributed by atoms with Gasteiger partial charge < -0.3 is 33.0 Å². The molecule has 0 aliphatic heterocycles. The van der Waals surface area contributed by atoms with Crippen LogP contribution in [0, 0.1) is 0 Å². The van der Waals surface area contributed by atoms with Crippen LogP contribution in [0.1, 0.15) is 47.1 Å². The van der Waals surface area contributed by atoms with E-state index in [1.54, 1.807) is 21.3 Å². The van der Waals surface area contributed by atoms with Gasteiger partial charge in [-0.05, 0) is 101 Å². The molecule has 4 rings (SSSR count). The third kappa shape index (κ3) is 7.98. The predicted molar refractivity (Wildman–Crippen MR) is 172 cm³/mol. The van der Waals surface area contributed by atoms with Gasteiger partial charge in [-0.15, -0.1) is 0 Å². The maximum atomic E-state index is 6.00. The standard InChI is InChI=1S/C36H45NO6/c1-23(2)41-32-14-11-27(19-34(32)39-8)29-21-37(17-16-26-10-13-31(38-7)36(18-26)43-25(5)6)22-30(29)28-12-15-33(42-24(3)4)35(20-28)40-9/h10-15,18-25H,16-17H2,1-9H3. The molecule has 7 nitrogen and oxygen atoms in total. The fraction of sp³-hybridized carbons (Fsp3) is 0.389. The Bertz CT molecular complexity index is 1420. The zero-order valence-electron chi connectivity index (χ0n) is 26.9. The first-order valence-electron chi connectivity index (χ1n) is 14.8. The van der Waals surface area contributed by atoms with E-state index in [2.05, 4.69) is 41.2 Å². The van der Waals surface area contributed by atoms with E-state index in [-0.39, 0.29) is 18.3 Å². The van der Waals surface area contributed by atoms with Crippen LogP contribution >= 0.6 is 0 Å². The normalized spacial score (nSPS) is 11.3. The predicted octanol–water partition coefficient (Wildman–Crippen LogP) is 8.45. The first kappa shape index (κ1) is 31.7. The van der Waals surface area contributed by atoms with Gasteiger partial charge in [0.15, 0.2) is 34.5 Å². The largest absolute Gasteiger partial charge is 0.493 e. The van der Waals surface area contributed by atoms with E-state index in [4.69, 9.17) is 28.4 Å². The summed E-state index contributed by atoms with van der Waals surface area (Å²) in [6.45, 7) is 12.8. The molecule has 0 aliphatic carbocycles. The summed E-state index contributed by atoms with van der Waals surface area (Å²) in [6, 6.07) is 18.3. The second kappa shape index (κ2) is 14.3. The van der Waals surface area contributed by atoms with Crippen molar-refractivity contribution in [3.05, 3.63) is 72.6 Å². The van der Waals surface area contributed by atoms with Crippen LogP contribution in [-0.4, -0.2) is 44.2 Å². The Kier molecular flexibility index (Phi) is 10.5. The molecule has 0 aliphatic rings. The van der Waals surface area contributed by atoms with Gasteiger partial charge in [0.25, 0.3) is 0 Å². The molecule has 0 radical (unpaired) electrons. The van der Waals surface area contributed by atoms with Crippen LogP contribution in [0.4, 0.5) is 0 Å². The van der Waals surface area contributed by atoms with Crippen molar-refractivity contribution < 1.29 is 28.4 Å². The smallest absolute Gasteiger partial charge is 0.161 e. The first-order chi connectivity index (χ1) is 20.6. The zero-order chi connectivity index (χ0) is 31.1. The summed E-state index contributed by atoms with van der Waals surface area (Å²) in [5.74, 6) is 4.32. The molecule has 0 saturated heterocycles. The highest BCUT2D eigenvalue weighted by molar-refractivity contribution is 5.85. The number of rotatable bonds is 14. The topological polar surface area (TPSA) is 60.3 Å². The molecular weight excluding hydrogens is 542 g/mol. The van der Waals surface area contributed by atoms with E-state index in [1.807, 2.05) is 71.9 Å². The third-order valence-corrected chi connectivity index (χ3v) is 6.80. The van der Waals surface area contributed by atoms with Crippen molar-refractivity contribution in [3.8, 4) is 56.8 Å². The number of hydrogen-bond acceptors (Lipinski definition) is 6. The molecule has 0 fully saturated rings. The molecule has 0 atom stereocenters. The van der Waals surface area contributed by atoms with E-state index in [1.165, 1.54) is 5.56 Å². The summed E-state index contributed by atoms with van der Waals surface area (Å²) in [7, 11) is 5.00. The highest BCUT2D eigenvalue weighted by atomic mass is 16.5. The lowest BCUT2D eigenvalue weighted by Gasteiger charge is -2.16. The van der Waals surface area contributed by atoms with Crippen LogP contribution < -0.4 is 28.4 Å². The average Bonchev–Trinajstić information content (AvgIpc) is 3.40. The van der Waals surface area contributed by atoms with E-state index < -0.39 is 0 Å². The number of ether oxygens (including phenoxy) is 6. The van der Waals surface area contributed by atoms with Gasteiger partial charge in [-0.25, -0.2) is 0 Å². The molecule has 4 aromatic rings. The Morgan fingerprint density at radius 3 is 1.40 bits per heavy atom. The molecule has 1 heterocycles. The maximum Gasteiger partial charge on any atom is 0.161 e. The quantitative estimate of drug-likeness (QED) is 0.148. The van der Waals surface area contributed by atoms with E-state index in [0.717, 1.165) is 58.2 Å². The average molecular weight is 588 g/mol. The van der Waals surface area contributed by atoms with Crippen LogP contribution in [0.2, 0.25) is 0 Å². The first-order valence-corrected chi connectivity index (χ1v) is 14.8. The van der Waals surface area contributed by atoms with Crippen molar-refractivity contribution in [2.24, 2.45) is 0 Å². The Balaban J connectivity index is 1.73. The molecule has 0 saturated carbocycles. The second-order valence-electron chi connectivity index (χ2n) is 11.3. The van der Waals surface area contributed by atoms with E-state index >= 15 is 0 Å². The summed E-state index contributed by atoms with van der Waals surface area (Å²) in [6.07, 6.45) is 5.34. The monoisotopic (exact) mass is 587 g/mol. The maximum absolute atomic E-state index is 6.00. The van der Waals surface area contributed by atoms with Crippen LogP contribution in [0.3, 0.4) is 0 Å². The van der Waals surface area contributed by atoms with Crippen molar-refractivity contribution in [3.63, 3.8) is 0 Å². The molecule has 3 aromatic carbocycles. The van der Waals surface area contributed by atoms with Crippen molar-refractivity contribution in [2.45, 2.75) is 72.8 Å². The minimum absolute atomic E-state index is 0.0415. The number of nitrogens with zero attached hydrogens (tertiary/aromatic N) is 1. The fourth-order valence-electron chi connectivity index (χ4n) is 4.95. The summed E-state index contributed by atoms with van der Waals surface area (Å²) < 4.78 is 37.1. The van der Waals surface area contributed by atoms with Crippen LogP contribution in [0.15, 0.2) is 67.0 Å². The minimum atomic E-state index is 0.0415. The third-order valence-electron chi connectivity index (χ3n) is 6.80. The Morgan fingerprint density at radius 2 is 0.953 bits per heavy atom. The van der Waals surface area contributed by atoms with Gasteiger partial charge in [-0.3, -0.25) is 0 Å². The van der Waals surface area contributed by atoms with Gasteiger partial charge in [-0.1, -0.05) is 18.2 Å². The number of aromatic nitrogens is 1. The SMILES string of the molecule is COc1cc(-c2cn(CCc3ccc(OC)c(OC(C)C)c3)cc2-c2ccc(OC(C)C)c(OC)c2)ccc1OC(C)C. The molecule has 0 spiro atoms. The number of hydrogen-bond donors (Lipinski definition) is 0. The molecule has 0 unspecified atom stereocenters. The fourth-order valence-corrected chi connectivity index (χ4v) is 4.95. The Hall–Kier alpha value is -4.26. The Labute approximate surface area is 256 Å². The van der Waals surface area contributed by atoms with Crippen LogP contribution in [0.5, 0.6) is 34.5 Å². The van der Waals surface area contributed by atoms with Crippen molar-refractivity contribution in [2.75, 3.05) is 21.3 Å². The molecule has 0 N–H and O–H groups in total. The van der Waals surface area contributed by atoms with Crippen LogP contribution in [-0.2, 0) is 13.0 Å². The Morgan fingerprint density at radius 1 is 0.512 bits per heavy atom. The van der Waals surface area contributed by atoms with Crippen molar-refractivity contribution >= 4 is 0 Å². The second-order valence-corrected chi connectivity index (χ2v) is 11.3. The lowest BCUT2D eigenvalue weighted by atomic mass is 9.98. The molecule has 1 aromatic heterocycles. The van der Waals surface area contributed by atoms with Crippen LogP contribution in [0.25, 0.3) is 22.3 Å².